The van der Waals surface area contributed by atoms with Crippen molar-refractivity contribution in [3.8, 4) is 0 Å². The molecule has 8 heteroatoms. The number of nitrogens with one attached hydrogen (secondary N) is 1. The molecule has 1 saturated heterocycles. The minimum absolute atomic E-state index is 0.107. The summed E-state index contributed by atoms with van der Waals surface area (Å²) in [5.74, 6) is 0.388. The lowest BCUT2D eigenvalue weighted by Crippen LogP contribution is -2.46. The molecule has 3 heterocycles. The molecule has 1 aliphatic heterocycles. The van der Waals surface area contributed by atoms with Gasteiger partial charge in [-0.25, -0.2) is 9.97 Å². The summed E-state index contributed by atoms with van der Waals surface area (Å²) < 4.78 is 0. The number of H-pyrrole nitrogens is 1. The predicted molar refractivity (Wildman–Crippen MR) is 98.1 cm³/mol. The zero-order chi connectivity index (χ0) is 18.9. The van der Waals surface area contributed by atoms with Gasteiger partial charge in [-0.05, 0) is 18.6 Å². The molecule has 3 rings (SSSR count). The van der Waals surface area contributed by atoms with Gasteiger partial charge < -0.3 is 14.9 Å². The predicted octanol–water partition coefficient (Wildman–Crippen LogP) is 1.21. The first-order valence-corrected chi connectivity index (χ1v) is 8.74. The number of amides is 1. The van der Waals surface area contributed by atoms with Crippen LogP contribution in [-0.4, -0.2) is 68.4 Å². The second kappa shape index (κ2) is 6.68. The van der Waals surface area contributed by atoms with Crippen molar-refractivity contribution in [2.24, 2.45) is 0 Å². The van der Waals surface area contributed by atoms with Crippen LogP contribution < -0.4 is 4.90 Å². The van der Waals surface area contributed by atoms with Crippen LogP contribution in [0.2, 0.25) is 0 Å². The van der Waals surface area contributed by atoms with E-state index in [0.717, 1.165) is 5.69 Å². The molecule has 2 aromatic rings. The molecular formula is C18H26N6O2. The Balaban J connectivity index is 1.65. The van der Waals surface area contributed by atoms with Gasteiger partial charge >= 0.3 is 0 Å². The van der Waals surface area contributed by atoms with Gasteiger partial charge in [0.05, 0.1) is 13.1 Å². The van der Waals surface area contributed by atoms with Crippen LogP contribution in [0.3, 0.4) is 0 Å². The maximum absolute atomic E-state index is 12.7. The van der Waals surface area contributed by atoms with Crippen molar-refractivity contribution in [1.82, 2.24) is 25.1 Å². The largest absolute Gasteiger partial charge is 0.386 e. The Morgan fingerprint density at radius 1 is 1.38 bits per heavy atom. The minimum Gasteiger partial charge on any atom is -0.386 e. The van der Waals surface area contributed by atoms with Crippen LogP contribution in [0.1, 0.15) is 43.4 Å². The smallest absolute Gasteiger partial charge is 0.274 e. The SMILES string of the molecule is CN(CC1(O)CCN(c2ncccn2)C1)C(=O)c1cc(C(C)(C)C)[nH]n1. The molecule has 1 amide bonds. The zero-order valence-electron chi connectivity index (χ0n) is 15.7. The molecule has 0 bridgehead atoms. The van der Waals surface area contributed by atoms with Gasteiger partial charge in [0.2, 0.25) is 5.95 Å². The first-order valence-electron chi connectivity index (χ1n) is 8.74. The van der Waals surface area contributed by atoms with Gasteiger partial charge in [0.25, 0.3) is 5.91 Å². The number of carbonyl (C=O) groups is 1. The van der Waals surface area contributed by atoms with Crippen molar-refractivity contribution >= 4 is 11.9 Å². The maximum atomic E-state index is 12.7. The van der Waals surface area contributed by atoms with E-state index in [2.05, 4.69) is 40.9 Å². The number of carbonyl (C=O) groups excluding carboxylic acids is 1. The van der Waals surface area contributed by atoms with Crippen LogP contribution in [-0.2, 0) is 5.41 Å². The van der Waals surface area contributed by atoms with Gasteiger partial charge in [-0.1, -0.05) is 20.8 Å². The molecule has 1 fully saturated rings. The average molecular weight is 358 g/mol. The van der Waals surface area contributed by atoms with E-state index in [0.29, 0.717) is 31.2 Å². The van der Waals surface area contributed by atoms with Crippen molar-refractivity contribution in [3.63, 3.8) is 0 Å². The first-order chi connectivity index (χ1) is 12.2. The topological polar surface area (TPSA) is 98.2 Å². The summed E-state index contributed by atoms with van der Waals surface area (Å²) in [6.45, 7) is 7.44. The second-order valence-corrected chi connectivity index (χ2v) is 8.02. The fourth-order valence-corrected chi connectivity index (χ4v) is 3.14. The van der Waals surface area contributed by atoms with Gasteiger partial charge in [-0.2, -0.15) is 5.10 Å². The van der Waals surface area contributed by atoms with Gasteiger partial charge in [-0.15, -0.1) is 0 Å². The number of aliphatic hydroxyl groups is 1. The van der Waals surface area contributed by atoms with Crippen molar-refractivity contribution in [3.05, 3.63) is 35.9 Å². The number of nitrogens with zero attached hydrogens (tertiary/aromatic N) is 5. The molecule has 8 nitrogen and oxygen atoms in total. The number of rotatable bonds is 4. The van der Waals surface area contributed by atoms with Gasteiger partial charge in [0.1, 0.15) is 11.3 Å². The van der Waals surface area contributed by atoms with Crippen molar-refractivity contribution < 1.29 is 9.90 Å². The molecule has 26 heavy (non-hydrogen) atoms. The van der Waals surface area contributed by atoms with E-state index in [1.54, 1.807) is 31.6 Å². The Morgan fingerprint density at radius 2 is 2.08 bits per heavy atom. The third-order valence-corrected chi connectivity index (χ3v) is 4.65. The summed E-state index contributed by atoms with van der Waals surface area (Å²) in [5.41, 5.74) is 0.167. The van der Waals surface area contributed by atoms with Crippen LogP contribution in [0.4, 0.5) is 5.95 Å². The summed E-state index contributed by atoms with van der Waals surface area (Å²) >= 11 is 0. The number of aromatic amines is 1. The third-order valence-electron chi connectivity index (χ3n) is 4.65. The summed E-state index contributed by atoms with van der Waals surface area (Å²) in [6, 6.07) is 3.54. The molecule has 1 unspecified atom stereocenters. The van der Waals surface area contributed by atoms with Crippen LogP contribution in [0.25, 0.3) is 0 Å². The Hall–Kier alpha value is -2.48. The van der Waals surface area contributed by atoms with Crippen molar-refractivity contribution in [2.75, 3.05) is 31.6 Å². The van der Waals surface area contributed by atoms with Crippen LogP contribution >= 0.6 is 0 Å². The fraction of sp³-hybridized carbons (Fsp3) is 0.556. The molecule has 1 aliphatic rings. The Labute approximate surface area is 153 Å². The number of hydrogen-bond acceptors (Lipinski definition) is 6. The molecule has 140 valence electrons. The van der Waals surface area contributed by atoms with Gasteiger partial charge in [0, 0.05) is 37.1 Å². The van der Waals surface area contributed by atoms with Crippen LogP contribution in [0.15, 0.2) is 24.5 Å². The molecule has 0 aliphatic carbocycles. The lowest BCUT2D eigenvalue weighted by molar-refractivity contribution is 0.0261. The Morgan fingerprint density at radius 3 is 2.69 bits per heavy atom. The standard InChI is InChI=1S/C18H26N6O2/c1-17(2,3)14-10-13(21-22-14)15(25)23(4)11-18(26)6-9-24(12-18)16-19-7-5-8-20-16/h5,7-8,10,26H,6,9,11-12H2,1-4H3,(H,21,22). The van der Waals surface area contributed by atoms with Crippen molar-refractivity contribution in [1.29, 1.82) is 0 Å². The molecule has 1 atom stereocenters. The number of likely N-dealkylation sites (N-methyl/N-ethyl adjacent to an activating group) is 1. The molecule has 2 N–H and O–H groups in total. The first kappa shape index (κ1) is 18.3. The molecule has 0 saturated carbocycles. The molecular weight excluding hydrogens is 332 g/mol. The minimum atomic E-state index is -0.993. The Kier molecular flexibility index (Phi) is 4.70. The van der Waals surface area contributed by atoms with E-state index < -0.39 is 5.60 Å². The van der Waals surface area contributed by atoms with Crippen molar-refractivity contribution in [2.45, 2.75) is 38.2 Å². The highest BCUT2D eigenvalue weighted by molar-refractivity contribution is 5.92. The van der Waals surface area contributed by atoms with Crippen LogP contribution in [0, 0.1) is 0 Å². The molecule has 0 spiro atoms. The lowest BCUT2D eigenvalue weighted by atomic mass is 9.92. The normalized spacial score (nSPS) is 20.4. The number of hydrogen-bond donors (Lipinski definition) is 2. The van der Waals surface area contributed by atoms with Gasteiger partial charge in [-0.3, -0.25) is 9.89 Å². The van der Waals surface area contributed by atoms with Gasteiger partial charge in [0.15, 0.2) is 0 Å². The summed E-state index contributed by atoms with van der Waals surface area (Å²) in [7, 11) is 1.69. The fourth-order valence-electron chi connectivity index (χ4n) is 3.14. The van der Waals surface area contributed by atoms with E-state index in [9.17, 15) is 9.90 Å². The zero-order valence-corrected chi connectivity index (χ0v) is 15.7. The van der Waals surface area contributed by atoms with E-state index in [-0.39, 0.29) is 17.9 Å². The number of anilines is 1. The number of aromatic nitrogens is 4. The highest BCUT2D eigenvalue weighted by Gasteiger charge is 2.39. The summed E-state index contributed by atoms with van der Waals surface area (Å²) in [6.07, 6.45) is 3.91. The monoisotopic (exact) mass is 358 g/mol. The highest BCUT2D eigenvalue weighted by atomic mass is 16.3. The second-order valence-electron chi connectivity index (χ2n) is 8.02. The van der Waals surface area contributed by atoms with E-state index >= 15 is 0 Å². The van der Waals surface area contributed by atoms with E-state index in [1.165, 1.54) is 4.90 Å². The molecule has 0 aromatic carbocycles. The van der Waals surface area contributed by atoms with E-state index in [4.69, 9.17) is 0 Å². The summed E-state index contributed by atoms with van der Waals surface area (Å²) in [5, 5.41) is 18.0. The Bertz CT molecular complexity index is 769. The quantitative estimate of drug-likeness (QED) is 0.852. The third kappa shape index (κ3) is 3.85. The van der Waals surface area contributed by atoms with Crippen LogP contribution in [0.5, 0.6) is 0 Å². The summed E-state index contributed by atoms with van der Waals surface area (Å²) in [4.78, 5) is 24.6. The molecule has 0 radical (unpaired) electrons. The maximum Gasteiger partial charge on any atom is 0.274 e. The van der Waals surface area contributed by atoms with E-state index in [1.807, 2.05) is 4.90 Å². The molecule has 2 aromatic heterocycles. The highest BCUT2D eigenvalue weighted by Crippen LogP contribution is 2.26. The average Bonchev–Trinajstić information content (AvgIpc) is 3.22. The number of β-amino-alcohol motifs (C(OH)–C–C–N with tert-alkyl or cyclic N) is 1. The lowest BCUT2D eigenvalue weighted by Gasteiger charge is -2.28.